The summed E-state index contributed by atoms with van der Waals surface area (Å²) in [5.74, 6) is 0. The minimum Gasteiger partial charge on any atom is -0.322 e. The lowest BCUT2D eigenvalue weighted by atomic mass is 9.75. The minimum absolute atomic E-state index is 0.0673. The lowest BCUT2D eigenvalue weighted by Crippen LogP contribution is -2.33. The Balaban J connectivity index is 1.97. The van der Waals surface area contributed by atoms with Crippen LogP contribution in [0.2, 0.25) is 0 Å². The molecular weight excluding hydrogens is 246 g/mol. The van der Waals surface area contributed by atoms with E-state index in [1.165, 1.54) is 25.7 Å². The minimum atomic E-state index is 0.0673. The molecule has 0 aliphatic heterocycles. The van der Waals surface area contributed by atoms with Crippen LogP contribution in [0.4, 0.5) is 0 Å². The van der Waals surface area contributed by atoms with E-state index in [9.17, 15) is 0 Å². The summed E-state index contributed by atoms with van der Waals surface area (Å²) in [5, 5.41) is 4.48. The van der Waals surface area contributed by atoms with Crippen molar-refractivity contribution >= 4 is 0 Å². The van der Waals surface area contributed by atoms with Gasteiger partial charge in [0.1, 0.15) is 0 Å². The predicted octanol–water partition coefficient (Wildman–Crippen LogP) is 3.84. The molecule has 2 aromatic rings. The largest absolute Gasteiger partial charge is 0.322 e. The van der Waals surface area contributed by atoms with E-state index in [-0.39, 0.29) is 11.5 Å². The number of nitrogens with two attached hydrogens (primary N) is 1. The second-order valence-electron chi connectivity index (χ2n) is 5.90. The van der Waals surface area contributed by atoms with E-state index < -0.39 is 0 Å². The van der Waals surface area contributed by atoms with Crippen molar-refractivity contribution in [3.05, 3.63) is 48.3 Å². The van der Waals surface area contributed by atoms with Crippen molar-refractivity contribution in [2.24, 2.45) is 11.1 Å². The number of nitrogens with zero attached hydrogens (tertiary/aromatic N) is 2. The molecule has 0 amide bonds. The third-order valence-electron chi connectivity index (χ3n) is 4.95. The van der Waals surface area contributed by atoms with Gasteiger partial charge in [-0.2, -0.15) is 5.10 Å². The third kappa shape index (κ3) is 2.16. The first kappa shape index (κ1) is 13.4. The van der Waals surface area contributed by atoms with Gasteiger partial charge in [-0.15, -0.1) is 0 Å². The van der Waals surface area contributed by atoms with E-state index in [2.05, 4.69) is 30.2 Å². The quantitative estimate of drug-likeness (QED) is 0.916. The van der Waals surface area contributed by atoms with E-state index in [1.54, 1.807) is 0 Å². The Morgan fingerprint density at radius 3 is 2.55 bits per heavy atom. The average molecular weight is 269 g/mol. The summed E-state index contributed by atoms with van der Waals surface area (Å²) in [7, 11) is 0. The summed E-state index contributed by atoms with van der Waals surface area (Å²) in [5.41, 5.74) is 9.15. The van der Waals surface area contributed by atoms with Crippen LogP contribution in [0.3, 0.4) is 0 Å². The van der Waals surface area contributed by atoms with Crippen LogP contribution in [0.15, 0.2) is 42.6 Å². The van der Waals surface area contributed by atoms with Crippen molar-refractivity contribution in [1.29, 1.82) is 0 Å². The van der Waals surface area contributed by atoms with E-state index >= 15 is 0 Å². The maximum atomic E-state index is 6.67. The Morgan fingerprint density at radius 1 is 1.20 bits per heavy atom. The fraction of sp³-hybridized carbons (Fsp3) is 0.471. The Labute approximate surface area is 120 Å². The summed E-state index contributed by atoms with van der Waals surface area (Å²) >= 11 is 0. The number of benzene rings is 1. The molecule has 3 nitrogen and oxygen atoms in total. The molecule has 1 aromatic carbocycles. The number of aromatic nitrogens is 2. The van der Waals surface area contributed by atoms with Crippen LogP contribution in [-0.2, 0) is 0 Å². The number of rotatable bonds is 4. The van der Waals surface area contributed by atoms with Crippen LogP contribution in [0, 0.1) is 5.41 Å². The second-order valence-corrected chi connectivity index (χ2v) is 5.90. The summed E-state index contributed by atoms with van der Waals surface area (Å²) in [6.45, 7) is 2.27. The number of hydrogen-bond acceptors (Lipinski definition) is 2. The van der Waals surface area contributed by atoms with Gasteiger partial charge in [-0.3, -0.25) is 0 Å². The maximum Gasteiger partial charge on any atom is 0.0649 e. The molecule has 0 radical (unpaired) electrons. The van der Waals surface area contributed by atoms with Gasteiger partial charge < -0.3 is 5.73 Å². The van der Waals surface area contributed by atoms with Gasteiger partial charge in [0.2, 0.25) is 0 Å². The van der Waals surface area contributed by atoms with Gasteiger partial charge in [-0.05, 0) is 42.9 Å². The molecular formula is C17H23N3. The van der Waals surface area contributed by atoms with E-state index in [4.69, 9.17) is 5.73 Å². The van der Waals surface area contributed by atoms with Gasteiger partial charge in [0, 0.05) is 6.20 Å². The highest BCUT2D eigenvalue weighted by molar-refractivity contribution is 5.33. The van der Waals surface area contributed by atoms with Gasteiger partial charge in [0.05, 0.1) is 17.4 Å². The average Bonchev–Trinajstić information content (AvgIpc) is 3.17. The molecule has 1 unspecified atom stereocenters. The molecule has 2 N–H and O–H groups in total. The lowest BCUT2D eigenvalue weighted by molar-refractivity contribution is 0.216. The van der Waals surface area contributed by atoms with Crippen molar-refractivity contribution in [2.45, 2.75) is 45.1 Å². The molecule has 3 rings (SSSR count). The Morgan fingerprint density at radius 2 is 1.90 bits per heavy atom. The Kier molecular flexibility index (Phi) is 3.62. The highest BCUT2D eigenvalue weighted by Crippen LogP contribution is 2.48. The molecule has 0 saturated heterocycles. The number of hydrogen-bond donors (Lipinski definition) is 1. The van der Waals surface area contributed by atoms with Gasteiger partial charge in [0.25, 0.3) is 0 Å². The van der Waals surface area contributed by atoms with Gasteiger partial charge in [-0.1, -0.05) is 38.0 Å². The molecule has 0 bridgehead atoms. The first-order chi connectivity index (χ1) is 9.77. The maximum absolute atomic E-state index is 6.67. The lowest BCUT2D eigenvalue weighted by Gasteiger charge is -2.34. The molecule has 1 aromatic heterocycles. The molecule has 0 spiro atoms. The van der Waals surface area contributed by atoms with Crippen LogP contribution in [0.5, 0.6) is 0 Å². The fourth-order valence-electron chi connectivity index (χ4n) is 3.61. The SMILES string of the molecule is CCC1(C(N)c2ccnn2-c2ccccc2)CCCC1. The smallest absolute Gasteiger partial charge is 0.0649 e. The van der Waals surface area contributed by atoms with Crippen LogP contribution in [0.1, 0.15) is 50.8 Å². The zero-order chi connectivity index (χ0) is 14.0. The van der Waals surface area contributed by atoms with Gasteiger partial charge >= 0.3 is 0 Å². The zero-order valence-electron chi connectivity index (χ0n) is 12.1. The van der Waals surface area contributed by atoms with Crippen molar-refractivity contribution in [3.8, 4) is 5.69 Å². The summed E-state index contributed by atoms with van der Waals surface area (Å²) in [6, 6.07) is 12.4. The summed E-state index contributed by atoms with van der Waals surface area (Å²) in [6.07, 6.45) is 8.10. The molecule has 1 saturated carbocycles. The van der Waals surface area contributed by atoms with Crippen LogP contribution >= 0.6 is 0 Å². The molecule has 1 aliphatic rings. The monoisotopic (exact) mass is 269 g/mol. The van der Waals surface area contributed by atoms with Crippen molar-refractivity contribution in [2.75, 3.05) is 0 Å². The van der Waals surface area contributed by atoms with Gasteiger partial charge in [-0.25, -0.2) is 4.68 Å². The van der Waals surface area contributed by atoms with Crippen molar-refractivity contribution in [1.82, 2.24) is 9.78 Å². The van der Waals surface area contributed by atoms with Gasteiger partial charge in [0.15, 0.2) is 0 Å². The first-order valence-electron chi connectivity index (χ1n) is 7.62. The van der Waals surface area contributed by atoms with Crippen molar-refractivity contribution in [3.63, 3.8) is 0 Å². The van der Waals surface area contributed by atoms with Crippen LogP contribution < -0.4 is 5.73 Å². The molecule has 106 valence electrons. The van der Waals surface area contributed by atoms with Crippen LogP contribution in [0.25, 0.3) is 5.69 Å². The Hall–Kier alpha value is -1.61. The second kappa shape index (κ2) is 5.41. The molecule has 3 heteroatoms. The molecule has 1 heterocycles. The summed E-state index contributed by atoms with van der Waals surface area (Å²) in [4.78, 5) is 0. The highest BCUT2D eigenvalue weighted by Gasteiger charge is 2.39. The first-order valence-corrected chi connectivity index (χ1v) is 7.62. The molecule has 20 heavy (non-hydrogen) atoms. The topological polar surface area (TPSA) is 43.8 Å². The van der Waals surface area contributed by atoms with Crippen LogP contribution in [-0.4, -0.2) is 9.78 Å². The standard InChI is InChI=1S/C17H23N3/c1-2-17(11-6-7-12-17)16(18)15-10-13-19-20(15)14-8-4-3-5-9-14/h3-5,8-10,13,16H,2,6-7,11-12,18H2,1H3. The fourth-order valence-corrected chi connectivity index (χ4v) is 3.61. The molecule has 1 fully saturated rings. The normalized spacial score (nSPS) is 19.1. The van der Waals surface area contributed by atoms with E-state index in [0.717, 1.165) is 17.8 Å². The predicted molar refractivity (Wildman–Crippen MR) is 81.7 cm³/mol. The van der Waals surface area contributed by atoms with E-state index in [0.29, 0.717) is 0 Å². The summed E-state index contributed by atoms with van der Waals surface area (Å²) < 4.78 is 2.00. The Bertz CT molecular complexity index is 553. The third-order valence-corrected chi connectivity index (χ3v) is 4.95. The highest BCUT2D eigenvalue weighted by atomic mass is 15.3. The van der Waals surface area contributed by atoms with E-state index in [1.807, 2.05) is 29.1 Å². The molecule has 1 atom stereocenters. The zero-order valence-corrected chi connectivity index (χ0v) is 12.1. The van der Waals surface area contributed by atoms with Crippen molar-refractivity contribution < 1.29 is 0 Å². The molecule has 1 aliphatic carbocycles. The number of para-hydroxylation sites is 1.